The molecular formula is C19H20N2O5. The molecule has 7 heteroatoms. The Morgan fingerprint density at radius 3 is 2.58 bits per heavy atom. The fraction of sp³-hybridized carbons (Fsp3) is 0.263. The Bertz CT molecular complexity index is 989. The van der Waals surface area contributed by atoms with E-state index in [1.807, 2.05) is 6.07 Å². The molecule has 0 spiro atoms. The number of para-hydroxylation sites is 2. The third-order valence-corrected chi connectivity index (χ3v) is 4.25. The van der Waals surface area contributed by atoms with Crippen LogP contribution in [0.4, 0.5) is 5.69 Å². The third-order valence-electron chi connectivity index (χ3n) is 4.25. The number of carbonyl (C=O) groups excluding carboxylic acids is 1. The molecule has 0 aliphatic carbocycles. The van der Waals surface area contributed by atoms with E-state index in [0.717, 1.165) is 0 Å². The largest absolute Gasteiger partial charge is 0.493 e. The number of anilines is 1. The van der Waals surface area contributed by atoms with Crippen LogP contribution in [-0.2, 0) is 11.3 Å². The number of hydrogen-bond donors (Lipinski definition) is 0. The summed E-state index contributed by atoms with van der Waals surface area (Å²) in [5, 5.41) is 0. The van der Waals surface area contributed by atoms with E-state index >= 15 is 0 Å². The Morgan fingerprint density at radius 2 is 1.85 bits per heavy atom. The van der Waals surface area contributed by atoms with Gasteiger partial charge in [-0.25, -0.2) is 4.79 Å². The quantitative estimate of drug-likeness (QED) is 0.679. The summed E-state index contributed by atoms with van der Waals surface area (Å²) in [5.74, 6) is 0.539. The Kier molecular flexibility index (Phi) is 4.97. The number of methoxy groups -OCH3 is 2. The molecule has 1 amide bonds. The zero-order chi connectivity index (χ0) is 18.7. The summed E-state index contributed by atoms with van der Waals surface area (Å²) in [6.07, 6.45) is 0.161. The van der Waals surface area contributed by atoms with Gasteiger partial charge in [-0.2, -0.15) is 0 Å². The van der Waals surface area contributed by atoms with Crippen LogP contribution in [-0.4, -0.2) is 31.7 Å². The van der Waals surface area contributed by atoms with Crippen molar-refractivity contribution in [3.05, 3.63) is 53.0 Å². The molecule has 1 heterocycles. The van der Waals surface area contributed by atoms with E-state index in [2.05, 4.69) is 0 Å². The first-order valence-corrected chi connectivity index (χ1v) is 8.12. The average Bonchev–Trinajstić information content (AvgIpc) is 2.99. The molecule has 3 rings (SSSR count). The van der Waals surface area contributed by atoms with E-state index in [1.54, 1.807) is 57.7 Å². The second-order valence-electron chi connectivity index (χ2n) is 5.73. The average molecular weight is 356 g/mol. The van der Waals surface area contributed by atoms with Gasteiger partial charge in [0.25, 0.3) is 0 Å². The standard InChI is InChI=1S/C19H20N2O5/c1-20(13-8-9-16(24-2)17(12-13)25-3)18(22)10-11-21-14-6-4-5-7-15(14)26-19(21)23/h4-9,12H,10-11H2,1-3H3. The summed E-state index contributed by atoms with van der Waals surface area (Å²) < 4.78 is 17.1. The number of carbonyl (C=O) groups is 1. The number of ether oxygens (including phenoxy) is 2. The van der Waals surface area contributed by atoms with E-state index in [4.69, 9.17) is 13.9 Å². The molecule has 1 aromatic heterocycles. The van der Waals surface area contributed by atoms with Crippen molar-refractivity contribution in [2.45, 2.75) is 13.0 Å². The number of rotatable bonds is 6. The van der Waals surface area contributed by atoms with Gasteiger partial charge >= 0.3 is 5.76 Å². The molecule has 0 N–H and O–H groups in total. The molecule has 0 unspecified atom stereocenters. The normalized spacial score (nSPS) is 10.7. The fourth-order valence-corrected chi connectivity index (χ4v) is 2.78. The van der Waals surface area contributed by atoms with Crippen LogP contribution in [0, 0.1) is 0 Å². The van der Waals surface area contributed by atoms with Gasteiger partial charge in [-0.05, 0) is 24.3 Å². The zero-order valence-corrected chi connectivity index (χ0v) is 14.9. The second kappa shape index (κ2) is 7.35. The molecule has 0 bridgehead atoms. The molecule has 0 radical (unpaired) electrons. The number of nitrogens with zero attached hydrogens (tertiary/aromatic N) is 2. The topological polar surface area (TPSA) is 73.9 Å². The minimum Gasteiger partial charge on any atom is -0.493 e. The van der Waals surface area contributed by atoms with Crippen molar-refractivity contribution in [3.8, 4) is 11.5 Å². The lowest BCUT2D eigenvalue weighted by molar-refractivity contribution is -0.118. The summed E-state index contributed by atoms with van der Waals surface area (Å²) in [6.45, 7) is 0.242. The minimum atomic E-state index is -0.465. The van der Waals surface area contributed by atoms with Gasteiger partial charge in [0.15, 0.2) is 17.1 Å². The minimum absolute atomic E-state index is 0.130. The van der Waals surface area contributed by atoms with Gasteiger partial charge in [0, 0.05) is 31.8 Å². The smallest absolute Gasteiger partial charge is 0.419 e. The van der Waals surface area contributed by atoms with Crippen LogP contribution in [0.5, 0.6) is 11.5 Å². The fourth-order valence-electron chi connectivity index (χ4n) is 2.78. The van der Waals surface area contributed by atoms with Gasteiger partial charge < -0.3 is 18.8 Å². The van der Waals surface area contributed by atoms with Gasteiger partial charge in [0.1, 0.15) is 0 Å². The number of aromatic nitrogens is 1. The molecule has 2 aromatic carbocycles. The number of amides is 1. The van der Waals surface area contributed by atoms with E-state index < -0.39 is 5.76 Å². The zero-order valence-electron chi connectivity index (χ0n) is 14.9. The van der Waals surface area contributed by atoms with Gasteiger partial charge in [0.05, 0.1) is 19.7 Å². The summed E-state index contributed by atoms with van der Waals surface area (Å²) in [6, 6.07) is 12.4. The molecule has 0 saturated carbocycles. The molecule has 0 aliphatic heterocycles. The van der Waals surface area contributed by atoms with Crippen LogP contribution in [0.2, 0.25) is 0 Å². The van der Waals surface area contributed by atoms with Crippen molar-refractivity contribution in [1.82, 2.24) is 4.57 Å². The van der Waals surface area contributed by atoms with Crippen molar-refractivity contribution >= 4 is 22.7 Å². The van der Waals surface area contributed by atoms with Gasteiger partial charge in [-0.3, -0.25) is 9.36 Å². The van der Waals surface area contributed by atoms with Crippen LogP contribution in [0.3, 0.4) is 0 Å². The van der Waals surface area contributed by atoms with Crippen molar-refractivity contribution in [2.75, 3.05) is 26.2 Å². The summed E-state index contributed by atoms with van der Waals surface area (Å²) in [7, 11) is 4.78. The highest BCUT2D eigenvalue weighted by molar-refractivity contribution is 5.93. The molecule has 26 heavy (non-hydrogen) atoms. The molecule has 0 fully saturated rings. The van der Waals surface area contributed by atoms with Crippen molar-refractivity contribution in [2.24, 2.45) is 0 Å². The lowest BCUT2D eigenvalue weighted by Gasteiger charge is -2.19. The van der Waals surface area contributed by atoms with Crippen molar-refractivity contribution in [3.63, 3.8) is 0 Å². The molecule has 7 nitrogen and oxygen atoms in total. The molecule has 0 atom stereocenters. The number of fused-ring (bicyclic) bond motifs is 1. The van der Waals surface area contributed by atoms with Crippen molar-refractivity contribution in [1.29, 1.82) is 0 Å². The number of hydrogen-bond acceptors (Lipinski definition) is 5. The first kappa shape index (κ1) is 17.6. The molecule has 3 aromatic rings. The molecule has 0 saturated heterocycles. The number of benzene rings is 2. The van der Waals surface area contributed by atoms with Crippen molar-refractivity contribution < 1.29 is 18.7 Å². The molecular weight excluding hydrogens is 336 g/mol. The van der Waals surface area contributed by atoms with Crippen LogP contribution in [0.1, 0.15) is 6.42 Å². The van der Waals surface area contributed by atoms with E-state index in [-0.39, 0.29) is 18.9 Å². The Hall–Kier alpha value is -3.22. The summed E-state index contributed by atoms with van der Waals surface area (Å²) in [4.78, 5) is 26.1. The van der Waals surface area contributed by atoms with E-state index in [1.165, 1.54) is 9.47 Å². The highest BCUT2D eigenvalue weighted by atomic mass is 16.5. The Morgan fingerprint density at radius 1 is 1.12 bits per heavy atom. The lowest BCUT2D eigenvalue weighted by Crippen LogP contribution is -2.28. The Balaban J connectivity index is 1.75. The van der Waals surface area contributed by atoms with Crippen LogP contribution in [0.15, 0.2) is 51.7 Å². The Labute approximate surface area is 150 Å². The predicted molar refractivity (Wildman–Crippen MR) is 98.0 cm³/mol. The summed E-state index contributed by atoms with van der Waals surface area (Å²) >= 11 is 0. The predicted octanol–water partition coefficient (Wildman–Crippen LogP) is 2.66. The number of oxazole rings is 1. The van der Waals surface area contributed by atoms with Gasteiger partial charge in [-0.15, -0.1) is 0 Å². The molecule has 0 aliphatic rings. The second-order valence-corrected chi connectivity index (χ2v) is 5.73. The maximum Gasteiger partial charge on any atom is 0.419 e. The SMILES string of the molecule is COc1ccc(N(C)C(=O)CCn2c(=O)oc3ccccc32)cc1OC. The maximum absolute atomic E-state index is 12.5. The van der Waals surface area contributed by atoms with Crippen LogP contribution < -0.4 is 20.1 Å². The van der Waals surface area contributed by atoms with E-state index in [9.17, 15) is 9.59 Å². The first-order chi connectivity index (χ1) is 12.5. The highest BCUT2D eigenvalue weighted by Gasteiger charge is 2.16. The third kappa shape index (κ3) is 3.28. The van der Waals surface area contributed by atoms with Gasteiger partial charge in [0.2, 0.25) is 5.91 Å². The van der Waals surface area contributed by atoms with Gasteiger partial charge in [-0.1, -0.05) is 12.1 Å². The van der Waals surface area contributed by atoms with E-state index in [0.29, 0.717) is 28.3 Å². The van der Waals surface area contributed by atoms with Crippen LogP contribution >= 0.6 is 0 Å². The van der Waals surface area contributed by atoms with Crippen LogP contribution in [0.25, 0.3) is 11.1 Å². The number of aryl methyl sites for hydroxylation is 1. The molecule has 136 valence electrons. The maximum atomic E-state index is 12.5. The summed E-state index contributed by atoms with van der Waals surface area (Å²) in [5.41, 5.74) is 1.87. The first-order valence-electron chi connectivity index (χ1n) is 8.12. The monoisotopic (exact) mass is 356 g/mol. The lowest BCUT2D eigenvalue weighted by atomic mass is 10.2. The highest BCUT2D eigenvalue weighted by Crippen LogP contribution is 2.31.